The molecule has 0 unspecified atom stereocenters. The van der Waals surface area contributed by atoms with E-state index < -0.39 is 10.0 Å². The van der Waals surface area contributed by atoms with E-state index in [1.54, 1.807) is 0 Å². The number of rotatable bonds is 2. The molecule has 0 heterocycles. The third-order valence-electron chi connectivity index (χ3n) is 2.23. The van der Waals surface area contributed by atoms with Crippen LogP contribution in [0.1, 0.15) is 19.3 Å². The zero-order valence-corrected chi connectivity index (χ0v) is 10.2. The van der Waals surface area contributed by atoms with E-state index in [1.165, 1.54) is 0 Å². The van der Waals surface area contributed by atoms with Crippen LogP contribution in [0.3, 0.4) is 0 Å². The average Bonchev–Trinajstić information content (AvgIpc) is 2.17. The number of aliphatic hydroxyl groups is 1. The summed E-state index contributed by atoms with van der Waals surface area (Å²) in [6.45, 7) is 0. The van der Waals surface area contributed by atoms with Gasteiger partial charge in [-0.05, 0) is 19.3 Å². The number of alkyl halides is 3. The SMILES string of the molecule is O=C(N[C@@H](O)C(Cl)(Cl)Cl)[C@H]1CC=CCC1. The van der Waals surface area contributed by atoms with Crippen molar-refractivity contribution in [3.05, 3.63) is 12.2 Å². The summed E-state index contributed by atoms with van der Waals surface area (Å²) < 4.78 is -1.89. The molecule has 0 fully saturated rings. The first kappa shape index (κ1) is 13.1. The average molecular weight is 273 g/mol. The van der Waals surface area contributed by atoms with E-state index in [0.29, 0.717) is 6.42 Å². The third kappa shape index (κ3) is 4.19. The Balaban J connectivity index is 2.45. The van der Waals surface area contributed by atoms with Gasteiger partial charge in [0.15, 0.2) is 6.23 Å². The van der Waals surface area contributed by atoms with Gasteiger partial charge in [-0.2, -0.15) is 0 Å². The summed E-state index contributed by atoms with van der Waals surface area (Å²) in [7, 11) is 0. The number of halogens is 3. The minimum atomic E-state index is -1.89. The van der Waals surface area contributed by atoms with E-state index in [1.807, 2.05) is 12.2 Å². The number of hydrogen-bond donors (Lipinski definition) is 2. The fourth-order valence-corrected chi connectivity index (χ4v) is 1.53. The largest absolute Gasteiger partial charge is 0.369 e. The van der Waals surface area contributed by atoms with Crippen LogP contribution < -0.4 is 5.32 Å². The van der Waals surface area contributed by atoms with Crippen molar-refractivity contribution in [1.29, 1.82) is 0 Å². The molecule has 0 saturated heterocycles. The Morgan fingerprint density at radius 2 is 2.13 bits per heavy atom. The summed E-state index contributed by atoms with van der Waals surface area (Å²) in [5.74, 6) is -0.421. The van der Waals surface area contributed by atoms with Gasteiger partial charge in [-0.25, -0.2) is 0 Å². The summed E-state index contributed by atoms with van der Waals surface area (Å²) >= 11 is 16.3. The van der Waals surface area contributed by atoms with Crippen LogP contribution in [0.25, 0.3) is 0 Å². The summed E-state index contributed by atoms with van der Waals surface area (Å²) in [6, 6.07) is 0. The molecule has 6 heteroatoms. The van der Waals surface area contributed by atoms with Gasteiger partial charge >= 0.3 is 0 Å². The Kier molecular flexibility index (Phi) is 4.71. The highest BCUT2D eigenvalue weighted by molar-refractivity contribution is 6.68. The van der Waals surface area contributed by atoms with Gasteiger partial charge in [-0.3, -0.25) is 4.79 Å². The highest BCUT2D eigenvalue weighted by atomic mass is 35.6. The number of amides is 1. The molecule has 3 nitrogen and oxygen atoms in total. The van der Waals surface area contributed by atoms with Gasteiger partial charge in [-0.15, -0.1) is 0 Å². The van der Waals surface area contributed by atoms with Gasteiger partial charge in [0, 0.05) is 5.92 Å². The van der Waals surface area contributed by atoms with Crippen LogP contribution in [-0.4, -0.2) is 21.0 Å². The standard InChI is InChI=1S/C9H12Cl3NO2/c10-9(11,12)8(15)13-7(14)6-4-2-1-3-5-6/h1-2,6,8,15H,3-5H2,(H,13,14)/t6-,8-/m0/s1. The molecule has 0 bridgehead atoms. The molecule has 0 saturated carbocycles. The molecule has 0 aromatic heterocycles. The van der Waals surface area contributed by atoms with Crippen LogP contribution in [0.4, 0.5) is 0 Å². The Morgan fingerprint density at radius 3 is 2.60 bits per heavy atom. The van der Waals surface area contributed by atoms with E-state index in [0.717, 1.165) is 12.8 Å². The molecule has 86 valence electrons. The van der Waals surface area contributed by atoms with E-state index in [9.17, 15) is 9.90 Å². The molecule has 0 aromatic carbocycles. The first-order valence-corrected chi connectivity index (χ1v) is 5.75. The lowest BCUT2D eigenvalue weighted by Gasteiger charge is -2.23. The molecule has 1 amide bonds. The number of carbonyl (C=O) groups excluding carboxylic acids is 1. The minimum Gasteiger partial charge on any atom is -0.369 e. The maximum atomic E-state index is 11.6. The highest BCUT2D eigenvalue weighted by Crippen LogP contribution is 2.29. The monoisotopic (exact) mass is 271 g/mol. The molecular formula is C9H12Cl3NO2. The van der Waals surface area contributed by atoms with Crippen LogP contribution >= 0.6 is 34.8 Å². The smallest absolute Gasteiger partial charge is 0.234 e. The Hall–Kier alpha value is 0.0400. The predicted molar refractivity (Wildman–Crippen MR) is 60.9 cm³/mol. The van der Waals surface area contributed by atoms with Crippen LogP contribution in [0.15, 0.2) is 12.2 Å². The fourth-order valence-electron chi connectivity index (χ4n) is 1.37. The van der Waals surface area contributed by atoms with Crippen molar-refractivity contribution in [1.82, 2.24) is 5.32 Å². The van der Waals surface area contributed by atoms with Gasteiger partial charge in [0.25, 0.3) is 0 Å². The lowest BCUT2D eigenvalue weighted by Crippen LogP contribution is -2.46. The highest BCUT2D eigenvalue weighted by Gasteiger charge is 2.33. The topological polar surface area (TPSA) is 49.3 Å². The molecule has 2 N–H and O–H groups in total. The zero-order chi connectivity index (χ0) is 11.5. The molecule has 15 heavy (non-hydrogen) atoms. The Morgan fingerprint density at radius 1 is 1.47 bits per heavy atom. The van der Waals surface area contributed by atoms with Crippen LogP contribution in [0, 0.1) is 5.92 Å². The molecule has 1 rings (SSSR count). The van der Waals surface area contributed by atoms with Crippen molar-refractivity contribution in [2.75, 3.05) is 0 Å². The molecule has 0 aliphatic heterocycles. The number of allylic oxidation sites excluding steroid dienone is 2. The number of carbonyl (C=O) groups is 1. The maximum absolute atomic E-state index is 11.6. The second-order valence-electron chi connectivity index (χ2n) is 3.43. The van der Waals surface area contributed by atoms with Crippen molar-refractivity contribution in [3.8, 4) is 0 Å². The van der Waals surface area contributed by atoms with E-state index in [4.69, 9.17) is 34.8 Å². The molecule has 1 aliphatic rings. The van der Waals surface area contributed by atoms with Crippen LogP contribution in [-0.2, 0) is 4.79 Å². The van der Waals surface area contributed by atoms with Crippen molar-refractivity contribution in [2.24, 2.45) is 5.92 Å². The fraction of sp³-hybridized carbons (Fsp3) is 0.667. The van der Waals surface area contributed by atoms with Gasteiger partial charge in [-0.1, -0.05) is 47.0 Å². The van der Waals surface area contributed by atoms with Crippen LogP contribution in [0.5, 0.6) is 0 Å². The second kappa shape index (κ2) is 5.39. The second-order valence-corrected chi connectivity index (χ2v) is 5.80. The van der Waals surface area contributed by atoms with Gasteiger partial charge in [0.2, 0.25) is 9.70 Å². The quantitative estimate of drug-likeness (QED) is 0.460. The van der Waals surface area contributed by atoms with Crippen LogP contribution in [0.2, 0.25) is 0 Å². The molecule has 2 atom stereocenters. The minimum absolute atomic E-state index is 0.142. The predicted octanol–water partition coefficient (Wildman–Crippen LogP) is 2.15. The lowest BCUT2D eigenvalue weighted by atomic mass is 9.94. The van der Waals surface area contributed by atoms with Crippen molar-refractivity contribution >= 4 is 40.7 Å². The first-order chi connectivity index (χ1) is 6.91. The van der Waals surface area contributed by atoms with E-state index >= 15 is 0 Å². The molecule has 0 radical (unpaired) electrons. The maximum Gasteiger partial charge on any atom is 0.234 e. The molecular weight excluding hydrogens is 260 g/mol. The zero-order valence-electron chi connectivity index (χ0n) is 7.92. The number of hydrogen-bond acceptors (Lipinski definition) is 2. The van der Waals surface area contributed by atoms with E-state index in [2.05, 4.69) is 5.32 Å². The number of aliphatic hydroxyl groups excluding tert-OH is 1. The third-order valence-corrected chi connectivity index (χ3v) is 2.85. The van der Waals surface area contributed by atoms with Gasteiger partial charge in [0.1, 0.15) is 0 Å². The first-order valence-electron chi connectivity index (χ1n) is 4.61. The van der Waals surface area contributed by atoms with Gasteiger partial charge in [0.05, 0.1) is 0 Å². The summed E-state index contributed by atoms with van der Waals surface area (Å²) in [6.07, 6.45) is 4.78. The van der Waals surface area contributed by atoms with Crippen molar-refractivity contribution in [3.63, 3.8) is 0 Å². The lowest BCUT2D eigenvalue weighted by molar-refractivity contribution is -0.128. The van der Waals surface area contributed by atoms with Crippen molar-refractivity contribution in [2.45, 2.75) is 29.3 Å². The van der Waals surface area contributed by atoms with Crippen molar-refractivity contribution < 1.29 is 9.90 Å². The molecule has 1 aliphatic carbocycles. The van der Waals surface area contributed by atoms with Gasteiger partial charge < -0.3 is 10.4 Å². The molecule has 0 aromatic rings. The summed E-state index contributed by atoms with van der Waals surface area (Å²) in [5, 5.41) is 11.6. The normalized spacial score (nSPS) is 23.6. The summed E-state index contributed by atoms with van der Waals surface area (Å²) in [4.78, 5) is 11.6. The number of nitrogens with one attached hydrogen (secondary N) is 1. The summed E-state index contributed by atoms with van der Waals surface area (Å²) in [5.41, 5.74) is 0. The molecule has 0 spiro atoms. The Bertz CT molecular complexity index is 263. The van der Waals surface area contributed by atoms with E-state index in [-0.39, 0.29) is 11.8 Å². The Labute approximate surface area is 103 Å².